The molecule has 0 saturated carbocycles. The van der Waals surface area contributed by atoms with Gasteiger partial charge in [0.2, 0.25) is 11.8 Å². The van der Waals surface area contributed by atoms with E-state index >= 15 is 0 Å². The fourth-order valence-electron chi connectivity index (χ4n) is 8.72. The molecule has 16 nitrogen and oxygen atoms in total. The Balaban J connectivity index is 1.01. The summed E-state index contributed by atoms with van der Waals surface area (Å²) in [5.74, 6) is 2.08. The van der Waals surface area contributed by atoms with Gasteiger partial charge in [0.25, 0.3) is 0 Å². The maximum Gasteiger partial charge on any atom is 0.407 e. The minimum absolute atomic E-state index is 0.125. The lowest BCUT2D eigenvalue weighted by Gasteiger charge is -2.30. The Morgan fingerprint density at radius 3 is 1.96 bits per heavy atom. The minimum Gasteiger partial charge on any atom is -0.465 e. The van der Waals surface area contributed by atoms with Crippen LogP contribution in [0, 0.1) is 11.8 Å². The Bertz CT molecular complexity index is 2210. The van der Waals surface area contributed by atoms with Crippen LogP contribution in [0.1, 0.15) is 82.7 Å². The van der Waals surface area contributed by atoms with Gasteiger partial charge in [-0.15, -0.1) is 0 Å². The first kappa shape index (κ1) is 37.8. The van der Waals surface area contributed by atoms with Crippen LogP contribution in [-0.4, -0.2) is 97.7 Å². The molecule has 2 aromatic heterocycles. The van der Waals surface area contributed by atoms with Crippen molar-refractivity contribution in [3.8, 4) is 34.0 Å². The number of nitrogens with zero attached hydrogens (tertiary/aromatic N) is 5. The number of fused-ring (bicyclic) bond motifs is 2. The van der Waals surface area contributed by atoms with Crippen LogP contribution >= 0.6 is 0 Å². The molecule has 4 aliphatic rings. The van der Waals surface area contributed by atoms with Gasteiger partial charge in [-0.3, -0.25) is 9.59 Å². The normalized spacial score (nSPS) is 19.3. The van der Waals surface area contributed by atoms with E-state index in [4.69, 9.17) is 19.4 Å². The number of aromatic amines is 2. The molecule has 6 heterocycles. The number of imidazole rings is 2. The molecule has 300 valence electrons. The minimum atomic E-state index is -1.22. The maximum atomic E-state index is 13.7. The molecule has 5 N–H and O–H groups in total. The van der Waals surface area contributed by atoms with Gasteiger partial charge in [-0.25, -0.2) is 19.6 Å². The number of H-pyrrole nitrogens is 2. The van der Waals surface area contributed by atoms with E-state index in [0.717, 1.165) is 78.3 Å². The van der Waals surface area contributed by atoms with Crippen LogP contribution in [0.4, 0.5) is 21.0 Å². The number of anilines is 2. The fraction of sp³-hybridized carbons (Fsp3) is 0.463. The van der Waals surface area contributed by atoms with E-state index in [9.17, 15) is 24.3 Å². The van der Waals surface area contributed by atoms with Crippen LogP contribution in [0.25, 0.3) is 22.5 Å². The molecule has 4 atom stereocenters. The van der Waals surface area contributed by atoms with E-state index in [1.807, 2.05) is 45.9 Å². The number of alkyl carbamates (subject to hydrolysis) is 1. The number of carbonyl (C=O) groups is 4. The molecule has 4 aromatic rings. The van der Waals surface area contributed by atoms with Gasteiger partial charge >= 0.3 is 12.2 Å². The zero-order valence-electron chi connectivity index (χ0n) is 32.8. The first-order valence-corrected chi connectivity index (χ1v) is 19.7. The molecule has 0 aliphatic carbocycles. The maximum absolute atomic E-state index is 13.7. The summed E-state index contributed by atoms with van der Waals surface area (Å²) in [5.41, 5.74) is 6.62. The van der Waals surface area contributed by atoms with Crippen LogP contribution in [0.3, 0.4) is 0 Å². The molecular formula is C41H49N9O7. The summed E-state index contributed by atoms with van der Waals surface area (Å²) in [7, 11) is 1.29. The standard InChI is InChI=1S/C41H49N9O7/c1-21(2)33(46-40(53)54)38(51)49-13-6-8-29(49)36-42-19-26(44-36)23-10-11-28-31(17-23)57-32-18-25(16-24-12-15-48(28)35(24)32)27-20-43-37(45-27)30-9-7-14-50(30)39(52)34(22(3)4)47-41(55)56-5/h10-11,16-22,29-30,33-34,46H,6-9,12-15H2,1-5H3,(H,42,44)(H,43,45)(H,47,55)(H,53,54)/t29-,30-,33-,34-/m0/s1. The molecule has 2 aromatic carbocycles. The molecule has 4 aliphatic heterocycles. The van der Waals surface area contributed by atoms with Gasteiger partial charge in [-0.05, 0) is 73.8 Å². The Morgan fingerprint density at radius 1 is 0.807 bits per heavy atom. The number of carboxylic acid groups (broad SMARTS) is 1. The predicted octanol–water partition coefficient (Wildman–Crippen LogP) is 6.27. The number of rotatable bonds is 10. The Kier molecular flexibility index (Phi) is 10.0. The molecule has 4 amide bonds. The van der Waals surface area contributed by atoms with Gasteiger partial charge in [0, 0.05) is 30.8 Å². The lowest BCUT2D eigenvalue weighted by Crippen LogP contribution is -2.51. The number of likely N-dealkylation sites (tertiary alicyclic amines) is 2. The molecule has 2 fully saturated rings. The second-order valence-electron chi connectivity index (χ2n) is 15.9. The van der Waals surface area contributed by atoms with Gasteiger partial charge in [0.1, 0.15) is 23.7 Å². The fourth-order valence-corrected chi connectivity index (χ4v) is 8.72. The quantitative estimate of drug-likeness (QED) is 0.122. The van der Waals surface area contributed by atoms with Crippen molar-refractivity contribution in [2.45, 2.75) is 84.0 Å². The number of benzene rings is 2. The second-order valence-corrected chi connectivity index (χ2v) is 15.9. The van der Waals surface area contributed by atoms with Gasteiger partial charge in [0.05, 0.1) is 54.3 Å². The number of ether oxygens (including phenoxy) is 2. The SMILES string of the molecule is COC(=O)N[C@H](C(=O)N1CCC[C@H]1c1ncc(-c2cc3c4c(c2)Oc2cc(-c5cnc([C@@H]6CCCN6C(=O)[C@@H](NC(=O)O)C(C)C)[nH]5)ccc2N4CC3)[nH]1)C(C)C. The van der Waals surface area contributed by atoms with Crippen molar-refractivity contribution < 1.29 is 33.8 Å². The largest absolute Gasteiger partial charge is 0.465 e. The first-order chi connectivity index (χ1) is 27.4. The molecule has 57 heavy (non-hydrogen) atoms. The van der Waals surface area contributed by atoms with Crippen molar-refractivity contribution in [1.29, 1.82) is 0 Å². The van der Waals surface area contributed by atoms with Crippen LogP contribution in [-0.2, 0) is 20.7 Å². The summed E-state index contributed by atoms with van der Waals surface area (Å²) in [5, 5.41) is 14.4. The molecule has 0 bridgehead atoms. The topological polar surface area (TPSA) is 198 Å². The molecule has 8 rings (SSSR count). The number of aromatic nitrogens is 4. The molecule has 16 heteroatoms. The van der Waals surface area contributed by atoms with E-state index in [0.29, 0.717) is 30.5 Å². The van der Waals surface area contributed by atoms with Crippen LogP contribution in [0.15, 0.2) is 42.7 Å². The molecule has 2 saturated heterocycles. The van der Waals surface area contributed by atoms with Crippen LogP contribution < -0.4 is 20.3 Å². The van der Waals surface area contributed by atoms with E-state index in [1.165, 1.54) is 12.7 Å². The highest BCUT2D eigenvalue weighted by Gasteiger charge is 2.39. The van der Waals surface area contributed by atoms with Gasteiger partial charge < -0.3 is 49.9 Å². The molecule has 0 radical (unpaired) electrons. The number of hydrogen-bond acceptors (Lipinski definition) is 9. The summed E-state index contributed by atoms with van der Waals surface area (Å²) >= 11 is 0. The predicted molar refractivity (Wildman–Crippen MR) is 210 cm³/mol. The van der Waals surface area contributed by atoms with Crippen molar-refractivity contribution >= 4 is 35.4 Å². The van der Waals surface area contributed by atoms with E-state index in [1.54, 1.807) is 22.2 Å². The Morgan fingerprint density at radius 2 is 1.39 bits per heavy atom. The summed E-state index contributed by atoms with van der Waals surface area (Å²) in [6.07, 6.45) is 5.66. The van der Waals surface area contributed by atoms with Gasteiger partial charge in [0.15, 0.2) is 11.5 Å². The lowest BCUT2D eigenvalue weighted by atomic mass is 10.0. The van der Waals surface area contributed by atoms with Crippen molar-refractivity contribution in [3.05, 3.63) is 59.9 Å². The van der Waals surface area contributed by atoms with Crippen LogP contribution in [0.2, 0.25) is 0 Å². The Hall–Kier alpha value is -6.06. The highest BCUT2D eigenvalue weighted by molar-refractivity contribution is 5.88. The molecule has 0 unspecified atom stereocenters. The molecule has 0 spiro atoms. The van der Waals surface area contributed by atoms with Crippen molar-refractivity contribution in [1.82, 2.24) is 40.4 Å². The third-order valence-electron chi connectivity index (χ3n) is 11.6. The van der Waals surface area contributed by atoms with Crippen molar-refractivity contribution in [2.24, 2.45) is 11.8 Å². The average Bonchev–Trinajstić information content (AvgIpc) is 4.04. The lowest BCUT2D eigenvalue weighted by molar-refractivity contribution is -0.136. The first-order valence-electron chi connectivity index (χ1n) is 19.7. The number of hydrogen-bond donors (Lipinski definition) is 5. The average molecular weight is 780 g/mol. The van der Waals surface area contributed by atoms with E-state index < -0.39 is 24.3 Å². The van der Waals surface area contributed by atoms with Gasteiger partial charge in [-0.2, -0.15) is 0 Å². The zero-order chi connectivity index (χ0) is 40.1. The Labute approximate surface area is 330 Å². The highest BCUT2D eigenvalue weighted by atomic mass is 16.5. The summed E-state index contributed by atoms with van der Waals surface area (Å²) in [4.78, 5) is 72.9. The number of carbonyl (C=O) groups excluding carboxylic acids is 3. The smallest absolute Gasteiger partial charge is 0.407 e. The van der Waals surface area contributed by atoms with Gasteiger partial charge in [-0.1, -0.05) is 33.8 Å². The monoisotopic (exact) mass is 779 g/mol. The van der Waals surface area contributed by atoms with Crippen molar-refractivity contribution in [2.75, 3.05) is 31.6 Å². The third-order valence-corrected chi connectivity index (χ3v) is 11.6. The van der Waals surface area contributed by atoms with E-state index in [-0.39, 0.29) is 35.7 Å². The number of amides is 4. The van der Waals surface area contributed by atoms with Crippen LogP contribution in [0.5, 0.6) is 11.5 Å². The summed E-state index contributed by atoms with van der Waals surface area (Å²) < 4.78 is 11.4. The summed E-state index contributed by atoms with van der Waals surface area (Å²) in [6.45, 7) is 9.36. The highest BCUT2D eigenvalue weighted by Crippen LogP contribution is 2.53. The zero-order valence-corrected chi connectivity index (χ0v) is 32.8. The number of methoxy groups -OCH3 is 1. The van der Waals surface area contributed by atoms with Crippen molar-refractivity contribution in [3.63, 3.8) is 0 Å². The second kappa shape index (κ2) is 15.1. The molecular weight excluding hydrogens is 731 g/mol. The van der Waals surface area contributed by atoms with E-state index in [2.05, 4.69) is 37.6 Å². The summed E-state index contributed by atoms with van der Waals surface area (Å²) in [6, 6.07) is 8.23. The third kappa shape index (κ3) is 7.01. The number of nitrogens with one attached hydrogen (secondary N) is 4.